The molecule has 0 atom stereocenters. The van der Waals surface area contributed by atoms with Crippen LogP contribution in [0.5, 0.6) is 11.5 Å². The molecule has 0 unspecified atom stereocenters. The van der Waals surface area contributed by atoms with E-state index in [0.717, 1.165) is 27.6 Å². The van der Waals surface area contributed by atoms with Crippen LogP contribution >= 0.6 is 0 Å². The number of rotatable bonds is 4. The molecule has 0 aliphatic rings. The van der Waals surface area contributed by atoms with Crippen molar-refractivity contribution in [2.45, 2.75) is 13.8 Å². The molecule has 0 fully saturated rings. The fourth-order valence-electron chi connectivity index (χ4n) is 2.18. The Bertz CT molecular complexity index is 759. The SMILES string of the molecule is CCOc1cc2ncc3cncnc3c2cc1OCC. The summed E-state index contributed by atoms with van der Waals surface area (Å²) in [6.45, 7) is 5.06. The fraction of sp³-hybridized carbons (Fsp3) is 0.267. The van der Waals surface area contributed by atoms with Gasteiger partial charge in [-0.25, -0.2) is 9.97 Å². The van der Waals surface area contributed by atoms with Gasteiger partial charge < -0.3 is 9.47 Å². The molecule has 0 amide bonds. The van der Waals surface area contributed by atoms with Gasteiger partial charge >= 0.3 is 0 Å². The molecule has 0 aliphatic heterocycles. The molecule has 0 N–H and O–H groups in total. The molecule has 0 radical (unpaired) electrons. The predicted octanol–water partition coefficient (Wildman–Crippen LogP) is 2.98. The van der Waals surface area contributed by atoms with E-state index in [9.17, 15) is 0 Å². The van der Waals surface area contributed by atoms with E-state index in [1.807, 2.05) is 26.0 Å². The molecule has 2 heterocycles. The molecule has 3 aromatic rings. The van der Waals surface area contributed by atoms with Crippen molar-refractivity contribution >= 4 is 21.8 Å². The van der Waals surface area contributed by atoms with Crippen molar-refractivity contribution in [2.75, 3.05) is 13.2 Å². The standard InChI is InChI=1S/C15H15N3O2/c1-3-19-13-5-11-12(6-14(13)20-4-2)17-8-10-7-16-9-18-15(10)11/h5-9H,3-4H2,1-2H3. The van der Waals surface area contributed by atoms with E-state index < -0.39 is 0 Å². The van der Waals surface area contributed by atoms with Gasteiger partial charge in [0.25, 0.3) is 0 Å². The van der Waals surface area contributed by atoms with Crippen molar-refractivity contribution in [1.29, 1.82) is 0 Å². The number of benzene rings is 1. The first-order chi connectivity index (χ1) is 9.83. The molecule has 1 aromatic carbocycles. The Labute approximate surface area is 116 Å². The van der Waals surface area contributed by atoms with Gasteiger partial charge in [0.15, 0.2) is 11.5 Å². The van der Waals surface area contributed by atoms with Gasteiger partial charge in [0.05, 0.1) is 24.2 Å². The summed E-state index contributed by atoms with van der Waals surface area (Å²) in [4.78, 5) is 12.8. The second kappa shape index (κ2) is 5.28. The second-order valence-corrected chi connectivity index (χ2v) is 4.27. The van der Waals surface area contributed by atoms with Gasteiger partial charge in [0.2, 0.25) is 0 Å². The van der Waals surface area contributed by atoms with E-state index in [-0.39, 0.29) is 0 Å². The van der Waals surface area contributed by atoms with E-state index in [2.05, 4.69) is 15.0 Å². The summed E-state index contributed by atoms with van der Waals surface area (Å²) < 4.78 is 11.3. The van der Waals surface area contributed by atoms with Crippen molar-refractivity contribution in [3.8, 4) is 11.5 Å². The number of fused-ring (bicyclic) bond motifs is 3. The van der Waals surface area contributed by atoms with Gasteiger partial charge in [0, 0.05) is 29.2 Å². The molecule has 2 aromatic heterocycles. The van der Waals surface area contributed by atoms with Crippen LogP contribution in [0.4, 0.5) is 0 Å². The summed E-state index contributed by atoms with van der Waals surface area (Å²) in [5, 5.41) is 1.85. The third-order valence-corrected chi connectivity index (χ3v) is 3.00. The summed E-state index contributed by atoms with van der Waals surface area (Å²) >= 11 is 0. The van der Waals surface area contributed by atoms with Gasteiger partial charge in [-0.1, -0.05) is 0 Å². The highest BCUT2D eigenvalue weighted by Crippen LogP contribution is 2.34. The molecule has 0 saturated heterocycles. The maximum Gasteiger partial charge on any atom is 0.163 e. The number of nitrogens with zero attached hydrogens (tertiary/aromatic N) is 3. The minimum absolute atomic E-state index is 0.582. The van der Waals surface area contributed by atoms with Crippen molar-refractivity contribution < 1.29 is 9.47 Å². The summed E-state index contributed by atoms with van der Waals surface area (Å²) in [6.07, 6.45) is 5.07. The molecule has 0 saturated carbocycles. The number of hydrogen-bond donors (Lipinski definition) is 0. The van der Waals surface area contributed by atoms with Crippen LogP contribution in [0.2, 0.25) is 0 Å². The minimum Gasteiger partial charge on any atom is -0.490 e. The highest BCUT2D eigenvalue weighted by Gasteiger charge is 2.11. The Morgan fingerprint density at radius 3 is 2.45 bits per heavy atom. The van der Waals surface area contributed by atoms with Gasteiger partial charge in [-0.2, -0.15) is 0 Å². The van der Waals surface area contributed by atoms with Crippen molar-refractivity contribution in [1.82, 2.24) is 15.0 Å². The molecule has 5 nitrogen and oxygen atoms in total. The molecular weight excluding hydrogens is 254 g/mol. The van der Waals surface area contributed by atoms with E-state index in [1.54, 1.807) is 18.7 Å². The van der Waals surface area contributed by atoms with E-state index in [0.29, 0.717) is 19.0 Å². The third kappa shape index (κ3) is 2.11. The lowest BCUT2D eigenvalue weighted by molar-refractivity contribution is 0.288. The lowest BCUT2D eigenvalue weighted by Crippen LogP contribution is -1.99. The lowest BCUT2D eigenvalue weighted by atomic mass is 10.1. The smallest absolute Gasteiger partial charge is 0.163 e. The Kier molecular flexibility index (Phi) is 3.33. The van der Waals surface area contributed by atoms with Gasteiger partial charge in [-0.05, 0) is 19.9 Å². The Hall–Kier alpha value is -2.43. The van der Waals surface area contributed by atoms with Crippen LogP contribution in [0.1, 0.15) is 13.8 Å². The van der Waals surface area contributed by atoms with Crippen LogP contribution in [0, 0.1) is 0 Å². The van der Waals surface area contributed by atoms with E-state index in [4.69, 9.17) is 9.47 Å². The van der Waals surface area contributed by atoms with Gasteiger partial charge in [0.1, 0.15) is 6.33 Å². The quantitative estimate of drug-likeness (QED) is 0.681. The first-order valence-corrected chi connectivity index (χ1v) is 6.61. The molecule has 3 rings (SSSR count). The van der Waals surface area contributed by atoms with Crippen LogP contribution in [-0.4, -0.2) is 28.2 Å². The molecular formula is C15H15N3O2. The lowest BCUT2D eigenvalue weighted by Gasteiger charge is -2.12. The largest absolute Gasteiger partial charge is 0.490 e. The molecule has 0 aliphatic carbocycles. The van der Waals surface area contributed by atoms with E-state index >= 15 is 0 Å². The monoisotopic (exact) mass is 269 g/mol. The molecule has 0 spiro atoms. The number of pyridine rings is 1. The first kappa shape index (κ1) is 12.6. The van der Waals surface area contributed by atoms with Crippen LogP contribution in [-0.2, 0) is 0 Å². The van der Waals surface area contributed by atoms with Crippen molar-refractivity contribution in [3.05, 3.63) is 30.9 Å². The Balaban J connectivity index is 2.29. The highest BCUT2D eigenvalue weighted by molar-refractivity contribution is 6.03. The molecule has 5 heteroatoms. The second-order valence-electron chi connectivity index (χ2n) is 4.27. The zero-order valence-electron chi connectivity index (χ0n) is 11.5. The maximum atomic E-state index is 5.65. The normalized spacial score (nSPS) is 10.9. The highest BCUT2D eigenvalue weighted by atomic mass is 16.5. The summed E-state index contributed by atoms with van der Waals surface area (Å²) in [6, 6.07) is 3.83. The average molecular weight is 269 g/mol. The zero-order chi connectivity index (χ0) is 13.9. The van der Waals surface area contributed by atoms with Crippen LogP contribution < -0.4 is 9.47 Å². The Morgan fingerprint density at radius 2 is 1.70 bits per heavy atom. The minimum atomic E-state index is 0.582. The molecule has 0 bridgehead atoms. The van der Waals surface area contributed by atoms with Crippen molar-refractivity contribution in [3.63, 3.8) is 0 Å². The number of hydrogen-bond acceptors (Lipinski definition) is 5. The summed E-state index contributed by atoms with van der Waals surface area (Å²) in [5.41, 5.74) is 1.71. The summed E-state index contributed by atoms with van der Waals surface area (Å²) in [5.74, 6) is 1.43. The topological polar surface area (TPSA) is 57.1 Å². The molecule has 102 valence electrons. The summed E-state index contributed by atoms with van der Waals surface area (Å²) in [7, 11) is 0. The van der Waals surface area contributed by atoms with E-state index in [1.165, 1.54) is 0 Å². The van der Waals surface area contributed by atoms with Gasteiger partial charge in [-0.3, -0.25) is 4.98 Å². The van der Waals surface area contributed by atoms with Crippen molar-refractivity contribution in [2.24, 2.45) is 0 Å². The van der Waals surface area contributed by atoms with Crippen LogP contribution in [0.15, 0.2) is 30.9 Å². The number of aromatic nitrogens is 3. The Morgan fingerprint density at radius 1 is 0.950 bits per heavy atom. The zero-order valence-corrected chi connectivity index (χ0v) is 11.5. The fourth-order valence-corrected chi connectivity index (χ4v) is 2.18. The van der Waals surface area contributed by atoms with Crippen LogP contribution in [0.25, 0.3) is 21.8 Å². The third-order valence-electron chi connectivity index (χ3n) is 3.00. The van der Waals surface area contributed by atoms with Gasteiger partial charge in [-0.15, -0.1) is 0 Å². The average Bonchev–Trinajstić information content (AvgIpc) is 2.48. The first-order valence-electron chi connectivity index (χ1n) is 6.61. The van der Waals surface area contributed by atoms with Crippen LogP contribution in [0.3, 0.4) is 0 Å². The maximum absolute atomic E-state index is 5.65. The molecule has 20 heavy (non-hydrogen) atoms. The number of ether oxygens (including phenoxy) is 2. The predicted molar refractivity (Wildman–Crippen MR) is 77.2 cm³/mol.